The number of carbonyl (C=O) groups is 1. The van der Waals surface area contributed by atoms with Crippen LogP contribution < -0.4 is 5.32 Å². The highest BCUT2D eigenvalue weighted by Crippen LogP contribution is 2.34. The summed E-state index contributed by atoms with van der Waals surface area (Å²) in [4.78, 5) is 14.8. The third kappa shape index (κ3) is 4.38. The highest BCUT2D eigenvalue weighted by atomic mass is 35.5. The monoisotopic (exact) mass is 382 g/mol. The van der Waals surface area contributed by atoms with E-state index in [-0.39, 0.29) is 36.3 Å². The summed E-state index contributed by atoms with van der Waals surface area (Å²) in [5, 5.41) is 3.64. The van der Waals surface area contributed by atoms with Crippen molar-refractivity contribution in [2.75, 3.05) is 13.1 Å². The molecule has 3 saturated heterocycles. The van der Waals surface area contributed by atoms with Crippen LogP contribution in [0.1, 0.15) is 50.7 Å². The molecule has 3 aliphatic rings. The van der Waals surface area contributed by atoms with Crippen molar-refractivity contribution in [2.45, 2.75) is 63.3 Å². The predicted molar refractivity (Wildman–Crippen MR) is 101 cm³/mol. The second-order valence-electron chi connectivity index (χ2n) is 7.97. The number of nitrogens with zero attached hydrogens (tertiary/aromatic N) is 1. The number of hydrogen-bond acceptors (Lipinski definition) is 3. The first-order chi connectivity index (χ1) is 12.1. The summed E-state index contributed by atoms with van der Waals surface area (Å²) in [6.45, 7) is 3.21. The predicted octanol–water partition coefficient (Wildman–Crippen LogP) is 3.46. The Hall–Kier alpha value is -1.17. The second kappa shape index (κ2) is 8.24. The van der Waals surface area contributed by atoms with Gasteiger partial charge >= 0.3 is 0 Å². The molecule has 3 heterocycles. The topological polar surface area (TPSA) is 41.6 Å². The van der Waals surface area contributed by atoms with Gasteiger partial charge in [0.2, 0.25) is 5.91 Å². The van der Waals surface area contributed by atoms with Crippen molar-refractivity contribution in [1.29, 1.82) is 0 Å². The normalized spacial score (nSPS) is 33.6. The lowest BCUT2D eigenvalue weighted by Crippen LogP contribution is -2.47. The Labute approximate surface area is 160 Å². The zero-order valence-electron chi connectivity index (χ0n) is 15.2. The molecule has 26 heavy (non-hydrogen) atoms. The number of benzene rings is 1. The van der Waals surface area contributed by atoms with Crippen LogP contribution in [-0.4, -0.2) is 42.1 Å². The zero-order valence-corrected chi connectivity index (χ0v) is 16.0. The van der Waals surface area contributed by atoms with Crippen molar-refractivity contribution < 1.29 is 13.9 Å². The molecular weight excluding hydrogens is 355 g/mol. The van der Waals surface area contributed by atoms with E-state index in [1.807, 2.05) is 11.8 Å². The van der Waals surface area contributed by atoms with Gasteiger partial charge in [0.1, 0.15) is 11.9 Å². The fraction of sp³-hybridized carbons (Fsp3) is 0.650. The minimum Gasteiger partial charge on any atom is -0.367 e. The molecule has 0 aliphatic carbocycles. The van der Waals surface area contributed by atoms with Gasteiger partial charge in [0.05, 0.1) is 12.6 Å². The molecule has 0 aromatic heterocycles. The van der Waals surface area contributed by atoms with Crippen LogP contribution in [0, 0.1) is 11.7 Å². The number of halogens is 2. The van der Waals surface area contributed by atoms with Crippen LogP contribution in [0.4, 0.5) is 4.39 Å². The molecule has 1 N–H and O–H groups in total. The number of fused-ring (bicyclic) bond motifs is 2. The lowest BCUT2D eigenvalue weighted by Gasteiger charge is -2.38. The van der Waals surface area contributed by atoms with E-state index in [0.717, 1.165) is 18.4 Å². The van der Waals surface area contributed by atoms with Crippen molar-refractivity contribution in [1.82, 2.24) is 10.2 Å². The Morgan fingerprint density at radius 1 is 1.19 bits per heavy atom. The molecule has 4 nitrogen and oxygen atoms in total. The van der Waals surface area contributed by atoms with Crippen molar-refractivity contribution in [3.8, 4) is 0 Å². The number of piperidine rings is 1. The molecule has 1 amide bonds. The van der Waals surface area contributed by atoms with Gasteiger partial charge in [-0.1, -0.05) is 12.1 Å². The van der Waals surface area contributed by atoms with Crippen LogP contribution in [0.15, 0.2) is 24.3 Å². The van der Waals surface area contributed by atoms with Crippen molar-refractivity contribution in [3.63, 3.8) is 0 Å². The molecule has 4 rings (SSSR count). The lowest BCUT2D eigenvalue weighted by atomic mass is 9.89. The van der Waals surface area contributed by atoms with E-state index in [4.69, 9.17) is 4.74 Å². The molecule has 0 saturated carbocycles. The molecule has 1 aromatic carbocycles. The summed E-state index contributed by atoms with van der Waals surface area (Å²) in [6.07, 6.45) is 5.26. The smallest absolute Gasteiger partial charge is 0.223 e. The van der Waals surface area contributed by atoms with Gasteiger partial charge in [-0.25, -0.2) is 4.39 Å². The third-order valence-corrected chi connectivity index (χ3v) is 5.89. The maximum Gasteiger partial charge on any atom is 0.223 e. The third-order valence-electron chi connectivity index (χ3n) is 5.89. The molecule has 144 valence electrons. The molecule has 4 atom stereocenters. The van der Waals surface area contributed by atoms with Crippen LogP contribution in [0.25, 0.3) is 0 Å². The molecule has 1 aromatic rings. The van der Waals surface area contributed by atoms with E-state index in [9.17, 15) is 9.18 Å². The largest absolute Gasteiger partial charge is 0.367 e. The van der Waals surface area contributed by atoms with E-state index in [2.05, 4.69) is 5.32 Å². The first kappa shape index (κ1) is 19.6. The second-order valence-corrected chi connectivity index (χ2v) is 7.97. The fourth-order valence-corrected chi connectivity index (χ4v) is 4.73. The summed E-state index contributed by atoms with van der Waals surface area (Å²) >= 11 is 0. The SMILES string of the molecule is CC1CN(C(=O)CC2CC3CCC(C2)N3)CC(c2ccc(F)cc2)O1.Cl. The summed E-state index contributed by atoms with van der Waals surface area (Å²) in [7, 11) is 0. The van der Waals surface area contributed by atoms with Crippen LogP contribution in [0.2, 0.25) is 0 Å². The maximum absolute atomic E-state index is 13.2. The number of nitrogens with one attached hydrogen (secondary N) is 1. The molecule has 2 bridgehead atoms. The van der Waals surface area contributed by atoms with Crippen LogP contribution in [0.3, 0.4) is 0 Å². The Balaban J connectivity index is 0.00000196. The average Bonchev–Trinajstić information content (AvgIpc) is 2.93. The lowest BCUT2D eigenvalue weighted by molar-refractivity contribution is -0.146. The van der Waals surface area contributed by atoms with E-state index in [1.165, 1.54) is 25.0 Å². The Kier molecular flexibility index (Phi) is 6.21. The Morgan fingerprint density at radius 2 is 1.85 bits per heavy atom. The molecular formula is C20H28ClFN2O2. The fourth-order valence-electron chi connectivity index (χ4n) is 4.73. The van der Waals surface area contributed by atoms with Gasteiger partial charge in [-0.3, -0.25) is 4.79 Å². The summed E-state index contributed by atoms with van der Waals surface area (Å²) in [5.74, 6) is 0.503. The number of morpholine rings is 1. The maximum atomic E-state index is 13.2. The van der Waals surface area contributed by atoms with Crippen LogP contribution in [0.5, 0.6) is 0 Å². The first-order valence-corrected chi connectivity index (χ1v) is 9.51. The van der Waals surface area contributed by atoms with Crippen molar-refractivity contribution in [2.24, 2.45) is 5.92 Å². The van der Waals surface area contributed by atoms with Gasteiger partial charge in [-0.05, 0) is 56.2 Å². The van der Waals surface area contributed by atoms with Crippen molar-refractivity contribution >= 4 is 18.3 Å². The number of ether oxygens (including phenoxy) is 1. The van der Waals surface area contributed by atoms with Gasteiger partial charge in [0, 0.05) is 25.0 Å². The molecule has 3 aliphatic heterocycles. The van der Waals surface area contributed by atoms with Gasteiger partial charge in [-0.2, -0.15) is 0 Å². The highest BCUT2D eigenvalue weighted by molar-refractivity contribution is 5.85. The number of hydrogen-bond donors (Lipinski definition) is 1. The average molecular weight is 383 g/mol. The number of rotatable bonds is 3. The summed E-state index contributed by atoms with van der Waals surface area (Å²) < 4.78 is 19.2. The Morgan fingerprint density at radius 3 is 2.50 bits per heavy atom. The minimum atomic E-state index is -0.249. The molecule has 0 radical (unpaired) electrons. The van der Waals surface area contributed by atoms with E-state index >= 15 is 0 Å². The number of carbonyl (C=O) groups excluding carboxylic acids is 1. The van der Waals surface area contributed by atoms with Gasteiger partial charge in [0.25, 0.3) is 0 Å². The molecule has 4 unspecified atom stereocenters. The number of amides is 1. The van der Waals surface area contributed by atoms with Gasteiger partial charge < -0.3 is 15.0 Å². The first-order valence-electron chi connectivity index (χ1n) is 9.51. The van der Waals surface area contributed by atoms with Gasteiger partial charge in [-0.15, -0.1) is 12.4 Å². The minimum absolute atomic E-state index is 0. The highest BCUT2D eigenvalue weighted by Gasteiger charge is 2.36. The summed E-state index contributed by atoms with van der Waals surface area (Å²) in [6, 6.07) is 7.65. The van der Waals surface area contributed by atoms with E-state index in [0.29, 0.717) is 37.5 Å². The van der Waals surface area contributed by atoms with Crippen LogP contribution in [-0.2, 0) is 9.53 Å². The molecule has 6 heteroatoms. The van der Waals surface area contributed by atoms with Gasteiger partial charge in [0.15, 0.2) is 0 Å². The zero-order chi connectivity index (χ0) is 17.4. The van der Waals surface area contributed by atoms with E-state index in [1.54, 1.807) is 12.1 Å². The van der Waals surface area contributed by atoms with Crippen molar-refractivity contribution in [3.05, 3.63) is 35.6 Å². The summed E-state index contributed by atoms with van der Waals surface area (Å²) in [5.41, 5.74) is 0.936. The quantitative estimate of drug-likeness (QED) is 0.870. The van der Waals surface area contributed by atoms with E-state index < -0.39 is 0 Å². The van der Waals surface area contributed by atoms with Crippen LogP contribution >= 0.6 is 12.4 Å². The standard InChI is InChI=1S/C20H27FN2O2.ClH/c1-13-11-23(12-19(25-13)15-2-4-16(21)5-3-15)20(24)10-14-8-17-6-7-18(9-14)22-17;/h2-5,13-14,17-19,22H,6-12H2,1H3;1H. The Bertz CT molecular complexity index is 615. The molecule has 3 fully saturated rings. The molecule has 0 spiro atoms.